The number of hydrogen-bond donors (Lipinski definition) is 2. The number of benzene rings is 3. The van der Waals surface area contributed by atoms with Crippen molar-refractivity contribution in [1.29, 1.82) is 0 Å². The second-order valence-corrected chi connectivity index (χ2v) is 11.0. The van der Waals surface area contributed by atoms with E-state index in [2.05, 4.69) is 10.6 Å². The molecular formula is C25H18Cl5FN2O2. The van der Waals surface area contributed by atoms with Crippen LogP contribution >= 0.6 is 58.0 Å². The molecule has 10 heteroatoms. The second-order valence-electron chi connectivity index (χ2n) is 8.26. The molecule has 3 aromatic carbocycles. The van der Waals surface area contributed by atoms with Crippen LogP contribution in [-0.2, 0) is 4.79 Å². The third kappa shape index (κ3) is 5.71. The number of anilines is 1. The number of halogens is 6. The summed E-state index contributed by atoms with van der Waals surface area (Å²) in [6.07, 6.45) is 0. The van der Waals surface area contributed by atoms with Crippen molar-refractivity contribution in [2.45, 2.75) is 23.2 Å². The molecule has 0 radical (unpaired) electrons. The summed E-state index contributed by atoms with van der Waals surface area (Å²) < 4.78 is 11.8. The van der Waals surface area contributed by atoms with Crippen molar-refractivity contribution >= 4 is 75.5 Å². The topological polar surface area (TPSA) is 58.2 Å². The van der Waals surface area contributed by atoms with Crippen LogP contribution < -0.4 is 10.6 Å². The van der Waals surface area contributed by atoms with E-state index in [-0.39, 0.29) is 16.4 Å². The van der Waals surface area contributed by atoms with Gasteiger partial charge in [0.1, 0.15) is 10.2 Å². The van der Waals surface area contributed by atoms with E-state index in [0.29, 0.717) is 21.3 Å². The summed E-state index contributed by atoms with van der Waals surface area (Å²) in [4.78, 5) is 25.8. The molecule has 4 nitrogen and oxygen atoms in total. The maximum atomic E-state index is 13.2. The Kier molecular flexibility index (Phi) is 7.56. The molecule has 0 heterocycles. The molecule has 0 aliphatic heterocycles. The molecule has 4 rings (SSSR count). The number of carbonyl (C=O) groups is 2. The van der Waals surface area contributed by atoms with Gasteiger partial charge in [-0.1, -0.05) is 46.9 Å². The molecule has 2 N–H and O–H groups in total. The van der Waals surface area contributed by atoms with Gasteiger partial charge in [0.05, 0.1) is 22.5 Å². The van der Waals surface area contributed by atoms with E-state index in [1.807, 2.05) is 0 Å². The van der Waals surface area contributed by atoms with E-state index in [0.717, 1.165) is 5.56 Å². The van der Waals surface area contributed by atoms with Crippen LogP contribution in [0.2, 0.25) is 15.1 Å². The summed E-state index contributed by atoms with van der Waals surface area (Å²) in [6, 6.07) is 14.8. The zero-order chi connectivity index (χ0) is 25.5. The Labute approximate surface area is 226 Å². The molecule has 0 spiro atoms. The number of alkyl halides is 2. The predicted octanol–water partition coefficient (Wildman–Crippen LogP) is 7.80. The van der Waals surface area contributed by atoms with Gasteiger partial charge < -0.3 is 10.6 Å². The highest BCUT2D eigenvalue weighted by Crippen LogP contribution is 2.65. The lowest BCUT2D eigenvalue weighted by atomic mass is 10.1. The average Bonchev–Trinajstić information content (AvgIpc) is 3.36. The zero-order valence-electron chi connectivity index (χ0n) is 18.1. The summed E-state index contributed by atoms with van der Waals surface area (Å²) in [7, 11) is 0. The molecule has 0 aromatic heterocycles. The SMILES string of the molecule is CC(NC(=O)c1cc(NC(=O)C2C(c3cc(Cl)cc(Cl)c3)C2(Cl)Cl)ccc1Cl)c1ccc(F)cc1. The lowest BCUT2D eigenvalue weighted by Gasteiger charge is -2.16. The van der Waals surface area contributed by atoms with Gasteiger partial charge >= 0.3 is 0 Å². The Hall–Kier alpha value is -2.02. The highest BCUT2D eigenvalue weighted by atomic mass is 35.5. The van der Waals surface area contributed by atoms with Crippen molar-refractivity contribution in [2.24, 2.45) is 5.92 Å². The molecule has 2 amide bonds. The van der Waals surface area contributed by atoms with E-state index in [1.165, 1.54) is 24.3 Å². The van der Waals surface area contributed by atoms with Crippen LogP contribution in [0.1, 0.15) is 40.4 Å². The third-order valence-corrected chi connectivity index (χ3v) is 7.48. The fraction of sp³-hybridized carbons (Fsp3) is 0.200. The van der Waals surface area contributed by atoms with Crippen LogP contribution in [0.3, 0.4) is 0 Å². The normalized spacial score (nSPS) is 19.1. The molecule has 3 aromatic rings. The Morgan fingerprint density at radius 2 is 1.57 bits per heavy atom. The molecule has 35 heavy (non-hydrogen) atoms. The summed E-state index contributed by atoms with van der Waals surface area (Å²) in [5, 5.41) is 6.58. The van der Waals surface area contributed by atoms with Gasteiger partial charge in [0.2, 0.25) is 5.91 Å². The molecule has 0 bridgehead atoms. The van der Waals surface area contributed by atoms with E-state index in [1.54, 1.807) is 43.3 Å². The minimum atomic E-state index is -1.34. The maximum Gasteiger partial charge on any atom is 0.253 e. The molecule has 1 fully saturated rings. The first kappa shape index (κ1) is 26.1. The van der Waals surface area contributed by atoms with Crippen LogP contribution in [0.15, 0.2) is 60.7 Å². The van der Waals surface area contributed by atoms with Gasteiger partial charge in [-0.3, -0.25) is 9.59 Å². The summed E-state index contributed by atoms with van der Waals surface area (Å²) in [5.74, 6) is -2.51. The summed E-state index contributed by atoms with van der Waals surface area (Å²) in [6.45, 7) is 1.76. The van der Waals surface area contributed by atoms with Crippen molar-refractivity contribution in [1.82, 2.24) is 5.32 Å². The van der Waals surface area contributed by atoms with Crippen molar-refractivity contribution in [3.05, 3.63) is 98.2 Å². The third-order valence-electron chi connectivity index (χ3n) is 5.78. The number of nitrogens with one attached hydrogen (secondary N) is 2. The van der Waals surface area contributed by atoms with Crippen LogP contribution in [0, 0.1) is 11.7 Å². The molecule has 182 valence electrons. The first-order chi connectivity index (χ1) is 16.5. The molecule has 1 saturated carbocycles. The van der Waals surface area contributed by atoms with Gasteiger partial charge in [-0.25, -0.2) is 4.39 Å². The Morgan fingerprint density at radius 3 is 2.20 bits per heavy atom. The molecule has 1 aliphatic carbocycles. The van der Waals surface area contributed by atoms with E-state index in [4.69, 9.17) is 58.0 Å². The average molecular weight is 575 g/mol. The number of carbonyl (C=O) groups excluding carboxylic acids is 2. The smallest absolute Gasteiger partial charge is 0.253 e. The molecule has 1 aliphatic rings. The first-order valence-electron chi connectivity index (χ1n) is 10.5. The monoisotopic (exact) mass is 572 g/mol. The van der Waals surface area contributed by atoms with Crippen molar-refractivity contribution in [2.75, 3.05) is 5.32 Å². The standard InChI is InChI=1S/C25H18Cl5FN2O2/c1-12(13-2-4-17(31)5-3-13)32-23(34)19-11-18(6-7-20(19)28)33-24(35)22-21(25(22,29)30)14-8-15(26)10-16(27)9-14/h2-12,21-22H,1H3,(H,32,34)(H,33,35). The van der Waals surface area contributed by atoms with Gasteiger partial charge in [0.25, 0.3) is 5.91 Å². The van der Waals surface area contributed by atoms with Crippen molar-refractivity contribution < 1.29 is 14.0 Å². The minimum absolute atomic E-state index is 0.162. The molecule has 0 saturated heterocycles. The van der Waals surface area contributed by atoms with Crippen molar-refractivity contribution in [3.63, 3.8) is 0 Å². The largest absolute Gasteiger partial charge is 0.345 e. The van der Waals surface area contributed by atoms with Crippen LogP contribution in [0.5, 0.6) is 0 Å². The lowest BCUT2D eigenvalue weighted by Crippen LogP contribution is -2.27. The first-order valence-corrected chi connectivity index (χ1v) is 12.4. The molecule has 3 atom stereocenters. The zero-order valence-corrected chi connectivity index (χ0v) is 21.9. The molecule has 3 unspecified atom stereocenters. The Bertz CT molecular complexity index is 1280. The highest BCUT2D eigenvalue weighted by molar-refractivity contribution is 6.53. The number of amides is 2. The van der Waals surface area contributed by atoms with Crippen LogP contribution in [0.25, 0.3) is 0 Å². The number of rotatable bonds is 6. The molecular weight excluding hydrogens is 557 g/mol. The fourth-order valence-corrected chi connectivity index (χ4v) is 5.50. The van der Waals surface area contributed by atoms with Crippen LogP contribution in [-0.4, -0.2) is 16.1 Å². The van der Waals surface area contributed by atoms with E-state index < -0.39 is 34.0 Å². The van der Waals surface area contributed by atoms with Gasteiger partial charge in [0, 0.05) is 21.7 Å². The summed E-state index contributed by atoms with van der Waals surface area (Å²) in [5.41, 5.74) is 1.88. The number of hydrogen-bond acceptors (Lipinski definition) is 2. The van der Waals surface area contributed by atoms with Gasteiger partial charge in [-0.2, -0.15) is 0 Å². The Morgan fingerprint density at radius 1 is 0.943 bits per heavy atom. The predicted molar refractivity (Wildman–Crippen MR) is 139 cm³/mol. The minimum Gasteiger partial charge on any atom is -0.345 e. The summed E-state index contributed by atoms with van der Waals surface area (Å²) >= 11 is 31.2. The van der Waals surface area contributed by atoms with E-state index in [9.17, 15) is 14.0 Å². The highest BCUT2D eigenvalue weighted by Gasteiger charge is 2.67. The van der Waals surface area contributed by atoms with Crippen LogP contribution in [0.4, 0.5) is 10.1 Å². The van der Waals surface area contributed by atoms with Crippen molar-refractivity contribution in [3.8, 4) is 0 Å². The van der Waals surface area contributed by atoms with Gasteiger partial charge in [-0.05, 0) is 66.6 Å². The fourth-order valence-electron chi connectivity index (χ4n) is 3.93. The van der Waals surface area contributed by atoms with Gasteiger partial charge in [0.15, 0.2) is 0 Å². The van der Waals surface area contributed by atoms with Gasteiger partial charge in [-0.15, -0.1) is 23.2 Å². The van der Waals surface area contributed by atoms with E-state index >= 15 is 0 Å². The Balaban J connectivity index is 1.48. The lowest BCUT2D eigenvalue weighted by molar-refractivity contribution is -0.117. The second kappa shape index (κ2) is 10.2. The quantitative estimate of drug-likeness (QED) is 0.295. The maximum absolute atomic E-state index is 13.2.